The number of anilines is 1. The molecule has 0 unspecified atom stereocenters. The lowest BCUT2D eigenvalue weighted by atomic mass is 10.1. The Labute approximate surface area is 105 Å². The molecule has 2 amide bonds. The van der Waals surface area contributed by atoms with Gasteiger partial charge in [0.05, 0.1) is 6.54 Å². The number of nitrogens with zero attached hydrogens (tertiary/aromatic N) is 1. The molecule has 0 atom stereocenters. The maximum atomic E-state index is 11.6. The minimum absolute atomic E-state index is 0.235. The maximum absolute atomic E-state index is 11.6. The minimum atomic E-state index is -0.235. The number of aryl methyl sites for hydroxylation is 2. The molecule has 2 rings (SSSR count). The first kappa shape index (κ1) is 12.0. The van der Waals surface area contributed by atoms with E-state index in [9.17, 15) is 4.79 Å². The predicted molar refractivity (Wildman–Crippen MR) is 72.8 cm³/mol. The Morgan fingerprint density at radius 2 is 2.12 bits per heavy atom. The van der Waals surface area contributed by atoms with E-state index in [0.29, 0.717) is 5.17 Å². The van der Waals surface area contributed by atoms with E-state index in [2.05, 4.69) is 15.6 Å². The van der Waals surface area contributed by atoms with Crippen LogP contribution in [0.1, 0.15) is 11.1 Å². The number of rotatable bonds is 1. The molecule has 1 aromatic rings. The highest BCUT2D eigenvalue weighted by Crippen LogP contribution is 2.14. The summed E-state index contributed by atoms with van der Waals surface area (Å²) in [6.07, 6.45) is 0. The molecular weight excluding hydrogens is 234 g/mol. The van der Waals surface area contributed by atoms with Gasteiger partial charge in [0.2, 0.25) is 0 Å². The number of aliphatic imine (C=N–C) groups is 1. The Hall–Kier alpha value is -1.49. The molecule has 2 N–H and O–H groups in total. The smallest absolute Gasteiger partial charge is 0.308 e. The second-order valence-corrected chi connectivity index (χ2v) is 5.00. The third kappa shape index (κ3) is 3.23. The highest BCUT2D eigenvalue weighted by atomic mass is 32.2. The van der Waals surface area contributed by atoms with Crippen LogP contribution in [0.4, 0.5) is 10.5 Å². The number of thioether (sulfide) groups is 1. The van der Waals surface area contributed by atoms with Crippen LogP contribution in [0.3, 0.4) is 0 Å². The summed E-state index contributed by atoms with van der Waals surface area (Å²) in [5, 5.41) is 6.22. The van der Waals surface area contributed by atoms with Crippen molar-refractivity contribution in [3.8, 4) is 0 Å². The number of urea groups is 1. The summed E-state index contributed by atoms with van der Waals surface area (Å²) in [6, 6.07) is 5.61. The normalized spacial score (nSPS) is 14.4. The average molecular weight is 249 g/mol. The van der Waals surface area contributed by atoms with Gasteiger partial charge in [0, 0.05) is 11.4 Å². The lowest BCUT2D eigenvalue weighted by Gasteiger charge is -2.08. The van der Waals surface area contributed by atoms with Crippen LogP contribution in [0, 0.1) is 13.8 Å². The van der Waals surface area contributed by atoms with Crippen LogP contribution < -0.4 is 10.6 Å². The van der Waals surface area contributed by atoms with Gasteiger partial charge in [0.15, 0.2) is 5.17 Å². The summed E-state index contributed by atoms with van der Waals surface area (Å²) in [6.45, 7) is 4.85. The molecule has 4 nitrogen and oxygen atoms in total. The van der Waals surface area contributed by atoms with Gasteiger partial charge in [-0.25, -0.2) is 4.79 Å². The number of hydrogen-bond donors (Lipinski definition) is 2. The molecule has 0 spiro atoms. The molecule has 17 heavy (non-hydrogen) atoms. The van der Waals surface area contributed by atoms with E-state index in [1.165, 1.54) is 5.56 Å². The summed E-state index contributed by atoms with van der Waals surface area (Å²) in [5.74, 6) is 0.944. The largest absolute Gasteiger partial charge is 0.325 e. The molecule has 0 aliphatic carbocycles. The molecule has 0 bridgehead atoms. The molecule has 1 aliphatic heterocycles. The Bertz CT molecular complexity index is 471. The van der Waals surface area contributed by atoms with Gasteiger partial charge in [-0.05, 0) is 37.1 Å². The third-order valence-corrected chi connectivity index (χ3v) is 3.46. The van der Waals surface area contributed by atoms with Crippen LogP contribution in [-0.4, -0.2) is 23.5 Å². The molecule has 1 aromatic carbocycles. The second-order valence-electron chi connectivity index (χ2n) is 3.91. The van der Waals surface area contributed by atoms with Crippen molar-refractivity contribution in [3.05, 3.63) is 29.3 Å². The highest BCUT2D eigenvalue weighted by molar-refractivity contribution is 8.14. The fraction of sp³-hybridized carbons (Fsp3) is 0.333. The van der Waals surface area contributed by atoms with Crippen LogP contribution >= 0.6 is 11.8 Å². The van der Waals surface area contributed by atoms with E-state index in [1.807, 2.05) is 32.0 Å². The van der Waals surface area contributed by atoms with Crippen molar-refractivity contribution in [2.45, 2.75) is 13.8 Å². The molecule has 0 saturated heterocycles. The van der Waals surface area contributed by atoms with Gasteiger partial charge in [-0.15, -0.1) is 0 Å². The van der Waals surface area contributed by atoms with Gasteiger partial charge in [-0.3, -0.25) is 10.3 Å². The zero-order valence-corrected chi connectivity index (χ0v) is 10.7. The van der Waals surface area contributed by atoms with Crippen molar-refractivity contribution in [2.24, 2.45) is 4.99 Å². The van der Waals surface area contributed by atoms with Gasteiger partial charge < -0.3 is 5.32 Å². The van der Waals surface area contributed by atoms with Gasteiger partial charge in [-0.2, -0.15) is 0 Å². The fourth-order valence-electron chi connectivity index (χ4n) is 1.49. The number of carbonyl (C=O) groups is 1. The first-order valence-corrected chi connectivity index (χ1v) is 6.46. The number of hydrogen-bond acceptors (Lipinski definition) is 3. The Kier molecular flexibility index (Phi) is 3.68. The zero-order valence-electron chi connectivity index (χ0n) is 9.91. The summed E-state index contributed by atoms with van der Waals surface area (Å²) in [7, 11) is 0. The summed E-state index contributed by atoms with van der Waals surface area (Å²) < 4.78 is 0. The molecule has 90 valence electrons. The van der Waals surface area contributed by atoms with E-state index in [0.717, 1.165) is 23.5 Å². The van der Waals surface area contributed by atoms with Crippen molar-refractivity contribution in [3.63, 3.8) is 0 Å². The maximum Gasteiger partial charge on any atom is 0.325 e. The molecule has 0 radical (unpaired) electrons. The standard InChI is InChI=1S/C12H15N3OS/c1-8-3-4-10(7-9(8)2)14-11(16)15-12-13-5-6-17-12/h3-4,7H,5-6H2,1-2H3,(H2,13,14,15,16). The predicted octanol–water partition coefficient (Wildman–Crippen LogP) is 2.53. The first-order valence-electron chi connectivity index (χ1n) is 5.47. The molecule has 1 heterocycles. The topological polar surface area (TPSA) is 53.5 Å². The molecule has 5 heteroatoms. The zero-order chi connectivity index (χ0) is 12.3. The van der Waals surface area contributed by atoms with Crippen LogP contribution in [0.2, 0.25) is 0 Å². The molecule has 0 aromatic heterocycles. The van der Waals surface area contributed by atoms with Crippen LogP contribution in [0.15, 0.2) is 23.2 Å². The molecular formula is C12H15N3OS. The lowest BCUT2D eigenvalue weighted by Crippen LogP contribution is -2.31. The van der Waals surface area contributed by atoms with Crippen LogP contribution in [0.25, 0.3) is 0 Å². The third-order valence-electron chi connectivity index (χ3n) is 2.57. The van der Waals surface area contributed by atoms with Crippen LogP contribution in [0.5, 0.6) is 0 Å². The van der Waals surface area contributed by atoms with E-state index in [1.54, 1.807) is 11.8 Å². The Balaban J connectivity index is 1.95. The van der Waals surface area contributed by atoms with Gasteiger partial charge in [-0.1, -0.05) is 17.8 Å². The number of amides is 2. The van der Waals surface area contributed by atoms with E-state index in [4.69, 9.17) is 0 Å². The van der Waals surface area contributed by atoms with Gasteiger partial charge >= 0.3 is 6.03 Å². The lowest BCUT2D eigenvalue weighted by molar-refractivity contribution is 0.256. The molecule has 1 aliphatic rings. The summed E-state index contributed by atoms with van der Waals surface area (Å²) in [5.41, 5.74) is 3.18. The van der Waals surface area contributed by atoms with Crippen molar-refractivity contribution in [1.82, 2.24) is 5.32 Å². The van der Waals surface area contributed by atoms with Gasteiger partial charge in [0.1, 0.15) is 0 Å². The monoisotopic (exact) mass is 249 g/mol. The minimum Gasteiger partial charge on any atom is -0.308 e. The number of amidine groups is 1. The molecule has 0 saturated carbocycles. The summed E-state index contributed by atoms with van der Waals surface area (Å²) >= 11 is 1.56. The van der Waals surface area contributed by atoms with Crippen molar-refractivity contribution in [2.75, 3.05) is 17.6 Å². The van der Waals surface area contributed by atoms with E-state index < -0.39 is 0 Å². The average Bonchev–Trinajstić information content (AvgIpc) is 2.76. The van der Waals surface area contributed by atoms with E-state index >= 15 is 0 Å². The van der Waals surface area contributed by atoms with Crippen LogP contribution in [-0.2, 0) is 0 Å². The van der Waals surface area contributed by atoms with Crippen molar-refractivity contribution >= 4 is 28.6 Å². The summed E-state index contributed by atoms with van der Waals surface area (Å²) in [4.78, 5) is 15.8. The number of nitrogens with one attached hydrogen (secondary N) is 2. The second kappa shape index (κ2) is 5.23. The van der Waals surface area contributed by atoms with Gasteiger partial charge in [0.25, 0.3) is 0 Å². The Morgan fingerprint density at radius 3 is 2.76 bits per heavy atom. The fourth-order valence-corrected chi connectivity index (χ4v) is 2.21. The first-order chi connectivity index (χ1) is 8.15. The van der Waals surface area contributed by atoms with Crippen molar-refractivity contribution < 1.29 is 4.79 Å². The quantitative estimate of drug-likeness (QED) is 0.803. The Morgan fingerprint density at radius 1 is 1.29 bits per heavy atom. The van der Waals surface area contributed by atoms with Crippen molar-refractivity contribution in [1.29, 1.82) is 0 Å². The number of carbonyl (C=O) groups excluding carboxylic acids is 1. The SMILES string of the molecule is Cc1ccc(NC(=O)NC2=NCCS2)cc1C. The number of benzene rings is 1. The van der Waals surface area contributed by atoms with E-state index in [-0.39, 0.29) is 6.03 Å². The molecule has 0 fully saturated rings. The highest BCUT2D eigenvalue weighted by Gasteiger charge is 2.10.